The molecule has 0 fully saturated rings. The van der Waals surface area contributed by atoms with Crippen LogP contribution in [0.15, 0.2) is 90.0 Å². The summed E-state index contributed by atoms with van der Waals surface area (Å²) >= 11 is 6.02. The molecule has 9 heteroatoms. The number of rotatable bonds is 6. The van der Waals surface area contributed by atoms with Crippen LogP contribution in [0.25, 0.3) is 16.9 Å². The molecule has 0 aliphatic heterocycles. The van der Waals surface area contributed by atoms with E-state index in [4.69, 9.17) is 21.8 Å². The molecule has 4 rings (SSSR count). The van der Waals surface area contributed by atoms with E-state index in [0.29, 0.717) is 16.4 Å². The Bertz CT molecular complexity index is 1350. The Labute approximate surface area is 190 Å². The monoisotopic (exact) mass is 466 g/mol. The summed E-state index contributed by atoms with van der Waals surface area (Å²) in [6.45, 7) is 0. The van der Waals surface area contributed by atoms with Gasteiger partial charge in [0.15, 0.2) is 0 Å². The van der Waals surface area contributed by atoms with Crippen molar-refractivity contribution in [2.45, 2.75) is 11.3 Å². The van der Waals surface area contributed by atoms with Gasteiger partial charge in [0.05, 0.1) is 22.7 Å². The molecule has 0 aliphatic rings. The molecule has 0 radical (unpaired) electrons. The highest BCUT2D eigenvalue weighted by Gasteiger charge is 2.16. The summed E-state index contributed by atoms with van der Waals surface area (Å²) in [7, 11) is -3.79. The number of para-hydroxylation sites is 1. The average Bonchev–Trinajstić information content (AvgIpc) is 3.18. The molecule has 7 nitrogen and oxygen atoms in total. The molecule has 3 aromatic carbocycles. The van der Waals surface area contributed by atoms with Crippen molar-refractivity contribution in [3.05, 3.63) is 95.6 Å². The average molecular weight is 467 g/mol. The van der Waals surface area contributed by atoms with E-state index in [9.17, 15) is 13.2 Å². The van der Waals surface area contributed by atoms with E-state index in [-0.39, 0.29) is 17.2 Å². The minimum atomic E-state index is -3.79. The lowest BCUT2D eigenvalue weighted by Crippen LogP contribution is -2.15. The Balaban J connectivity index is 1.61. The fourth-order valence-corrected chi connectivity index (χ4v) is 3.85. The Morgan fingerprint density at radius 1 is 0.969 bits per heavy atom. The van der Waals surface area contributed by atoms with Crippen molar-refractivity contribution in [3.8, 4) is 16.9 Å². The van der Waals surface area contributed by atoms with Crippen molar-refractivity contribution in [3.63, 3.8) is 0 Å². The molecule has 1 amide bonds. The van der Waals surface area contributed by atoms with Crippen molar-refractivity contribution < 1.29 is 13.2 Å². The number of halogens is 1. The van der Waals surface area contributed by atoms with Crippen LogP contribution in [0.3, 0.4) is 0 Å². The van der Waals surface area contributed by atoms with Gasteiger partial charge < -0.3 is 5.32 Å². The first-order chi connectivity index (χ1) is 15.3. The molecule has 0 unspecified atom stereocenters. The second-order valence-corrected chi connectivity index (χ2v) is 9.08. The minimum absolute atomic E-state index is 0.0235. The maximum Gasteiger partial charge on any atom is 0.238 e. The lowest BCUT2D eigenvalue weighted by atomic mass is 10.1. The van der Waals surface area contributed by atoms with Gasteiger partial charge in [0.25, 0.3) is 0 Å². The summed E-state index contributed by atoms with van der Waals surface area (Å²) in [5.41, 5.74) is 3.57. The van der Waals surface area contributed by atoms with Crippen molar-refractivity contribution in [2.24, 2.45) is 5.14 Å². The quantitative estimate of drug-likeness (QED) is 0.447. The number of hydrogen-bond acceptors (Lipinski definition) is 4. The lowest BCUT2D eigenvalue weighted by molar-refractivity contribution is -0.115. The first-order valence-corrected chi connectivity index (χ1v) is 11.5. The Kier molecular flexibility index (Phi) is 6.09. The Hall–Kier alpha value is -3.46. The van der Waals surface area contributed by atoms with Gasteiger partial charge in [-0.05, 0) is 48.5 Å². The van der Waals surface area contributed by atoms with E-state index < -0.39 is 10.0 Å². The molecular weight excluding hydrogens is 448 g/mol. The Morgan fingerprint density at radius 3 is 2.25 bits per heavy atom. The smallest absolute Gasteiger partial charge is 0.238 e. The van der Waals surface area contributed by atoms with Crippen LogP contribution in [-0.4, -0.2) is 24.1 Å². The SMILES string of the molecule is NS(=O)(=O)c1ccc(NC(=O)Cc2cn(-c3ccccc3)nc2-c2ccc(Cl)cc2)cc1. The van der Waals surface area contributed by atoms with Gasteiger partial charge in [0.2, 0.25) is 15.9 Å². The van der Waals surface area contributed by atoms with Crippen LogP contribution in [0.2, 0.25) is 5.02 Å². The number of primary sulfonamides is 1. The number of amides is 1. The summed E-state index contributed by atoms with van der Waals surface area (Å²) < 4.78 is 24.5. The molecule has 0 bridgehead atoms. The number of carbonyl (C=O) groups excluding carboxylic acids is 1. The minimum Gasteiger partial charge on any atom is -0.326 e. The molecule has 0 spiro atoms. The number of aromatic nitrogens is 2. The van der Waals surface area contributed by atoms with Gasteiger partial charge in [-0.3, -0.25) is 4.79 Å². The van der Waals surface area contributed by atoms with Crippen LogP contribution in [0.5, 0.6) is 0 Å². The number of nitrogens with two attached hydrogens (primary N) is 1. The zero-order chi connectivity index (χ0) is 22.7. The van der Waals surface area contributed by atoms with Crippen LogP contribution in [0.1, 0.15) is 5.56 Å². The van der Waals surface area contributed by atoms with Gasteiger partial charge in [0, 0.05) is 28.0 Å². The van der Waals surface area contributed by atoms with Gasteiger partial charge in [-0.2, -0.15) is 5.10 Å². The van der Waals surface area contributed by atoms with Gasteiger partial charge in [0.1, 0.15) is 0 Å². The van der Waals surface area contributed by atoms with Crippen LogP contribution >= 0.6 is 11.6 Å². The third-order valence-electron chi connectivity index (χ3n) is 4.75. The normalized spacial score (nSPS) is 11.3. The predicted octanol–water partition coefficient (Wildman–Crippen LogP) is 4.02. The third kappa shape index (κ3) is 5.05. The fraction of sp³-hybridized carbons (Fsp3) is 0.0435. The molecule has 0 atom stereocenters. The zero-order valence-corrected chi connectivity index (χ0v) is 18.3. The van der Waals surface area contributed by atoms with Crippen molar-refractivity contribution in [1.82, 2.24) is 9.78 Å². The second-order valence-electron chi connectivity index (χ2n) is 7.08. The molecule has 0 aliphatic carbocycles. The number of sulfonamides is 1. The summed E-state index contributed by atoms with van der Waals surface area (Å²) in [4.78, 5) is 12.7. The summed E-state index contributed by atoms with van der Waals surface area (Å²) in [5, 5.41) is 13.2. The first-order valence-electron chi connectivity index (χ1n) is 9.62. The molecule has 1 heterocycles. The van der Waals surface area contributed by atoms with Gasteiger partial charge in [-0.15, -0.1) is 0 Å². The molecule has 3 N–H and O–H groups in total. The van der Waals surface area contributed by atoms with Crippen molar-refractivity contribution in [2.75, 3.05) is 5.32 Å². The summed E-state index contributed by atoms with van der Waals surface area (Å²) in [6.07, 6.45) is 1.89. The van der Waals surface area contributed by atoms with Crippen LogP contribution in [0, 0.1) is 0 Å². The van der Waals surface area contributed by atoms with Crippen LogP contribution in [0.4, 0.5) is 5.69 Å². The fourth-order valence-electron chi connectivity index (χ4n) is 3.21. The van der Waals surface area contributed by atoms with E-state index in [1.807, 2.05) is 48.7 Å². The van der Waals surface area contributed by atoms with Gasteiger partial charge >= 0.3 is 0 Å². The predicted molar refractivity (Wildman–Crippen MR) is 124 cm³/mol. The van der Waals surface area contributed by atoms with E-state index >= 15 is 0 Å². The standard InChI is InChI=1S/C23H19ClN4O3S/c24-18-8-6-16(7-9-18)23-17(15-28(27-23)20-4-2-1-3-5-20)14-22(29)26-19-10-12-21(13-11-19)32(25,30)31/h1-13,15H,14H2,(H,26,29)(H2,25,30,31). The summed E-state index contributed by atoms with van der Waals surface area (Å²) in [5.74, 6) is -0.267. The van der Waals surface area contributed by atoms with Crippen molar-refractivity contribution >= 4 is 33.2 Å². The van der Waals surface area contributed by atoms with Crippen LogP contribution in [-0.2, 0) is 21.2 Å². The molecular formula is C23H19ClN4O3S. The maximum absolute atomic E-state index is 12.7. The second kappa shape index (κ2) is 8.96. The first kappa shape index (κ1) is 21.8. The highest BCUT2D eigenvalue weighted by molar-refractivity contribution is 7.89. The molecule has 4 aromatic rings. The molecule has 0 saturated heterocycles. The highest BCUT2D eigenvalue weighted by atomic mass is 35.5. The molecule has 1 aromatic heterocycles. The van der Waals surface area contributed by atoms with E-state index in [1.165, 1.54) is 24.3 Å². The van der Waals surface area contributed by atoms with E-state index in [2.05, 4.69) is 5.32 Å². The third-order valence-corrected chi connectivity index (χ3v) is 5.93. The topological polar surface area (TPSA) is 107 Å². The number of benzene rings is 3. The highest BCUT2D eigenvalue weighted by Crippen LogP contribution is 2.26. The van der Waals surface area contributed by atoms with Gasteiger partial charge in [-0.1, -0.05) is 41.9 Å². The molecule has 32 heavy (non-hydrogen) atoms. The van der Waals surface area contributed by atoms with E-state index in [1.54, 1.807) is 16.8 Å². The number of nitrogens with one attached hydrogen (secondary N) is 1. The number of anilines is 1. The van der Waals surface area contributed by atoms with Crippen molar-refractivity contribution in [1.29, 1.82) is 0 Å². The number of hydrogen-bond donors (Lipinski definition) is 2. The summed E-state index contributed by atoms with van der Waals surface area (Å²) in [6, 6.07) is 22.5. The van der Waals surface area contributed by atoms with Gasteiger partial charge in [-0.25, -0.2) is 18.2 Å². The van der Waals surface area contributed by atoms with Crippen LogP contribution < -0.4 is 10.5 Å². The zero-order valence-electron chi connectivity index (χ0n) is 16.8. The largest absolute Gasteiger partial charge is 0.326 e. The lowest BCUT2D eigenvalue weighted by Gasteiger charge is -2.06. The molecule has 0 saturated carbocycles. The van der Waals surface area contributed by atoms with E-state index in [0.717, 1.165) is 16.8 Å². The molecule has 162 valence electrons. The Morgan fingerprint density at radius 2 is 1.62 bits per heavy atom. The number of nitrogens with zero attached hydrogens (tertiary/aromatic N) is 2. The number of carbonyl (C=O) groups is 1. The maximum atomic E-state index is 12.7.